The van der Waals surface area contributed by atoms with Gasteiger partial charge in [0.2, 0.25) is 15.9 Å². The van der Waals surface area contributed by atoms with Gasteiger partial charge in [-0.3, -0.25) is 4.79 Å². The van der Waals surface area contributed by atoms with Crippen LogP contribution in [0.3, 0.4) is 0 Å². The van der Waals surface area contributed by atoms with Crippen molar-refractivity contribution in [1.29, 1.82) is 0 Å². The van der Waals surface area contributed by atoms with Crippen molar-refractivity contribution in [2.45, 2.75) is 30.7 Å². The van der Waals surface area contributed by atoms with Gasteiger partial charge in [0.15, 0.2) is 0 Å². The van der Waals surface area contributed by atoms with E-state index < -0.39 is 16.1 Å². The molecule has 1 amide bonds. The van der Waals surface area contributed by atoms with Crippen molar-refractivity contribution < 1.29 is 22.7 Å². The van der Waals surface area contributed by atoms with Crippen molar-refractivity contribution in [2.75, 3.05) is 19.0 Å². The average molecular weight is 467 g/mol. The topological polar surface area (TPSA) is 84.9 Å². The van der Waals surface area contributed by atoms with Crippen LogP contribution in [0.5, 0.6) is 17.2 Å². The van der Waals surface area contributed by atoms with E-state index in [1.807, 2.05) is 30.3 Å². The Kier molecular flexibility index (Phi) is 6.67. The van der Waals surface area contributed by atoms with Crippen LogP contribution in [0.2, 0.25) is 0 Å². The number of amides is 1. The largest absolute Gasteiger partial charge is 0.497 e. The Morgan fingerprint density at radius 2 is 1.64 bits per heavy atom. The highest BCUT2D eigenvalue weighted by atomic mass is 32.2. The Morgan fingerprint density at radius 1 is 0.970 bits per heavy atom. The van der Waals surface area contributed by atoms with Gasteiger partial charge in [-0.15, -0.1) is 0 Å². The molecule has 0 aliphatic carbocycles. The third-order valence-electron chi connectivity index (χ3n) is 5.59. The number of methoxy groups -OCH3 is 1. The number of nitrogens with one attached hydrogen (secondary N) is 1. The van der Waals surface area contributed by atoms with Crippen molar-refractivity contribution in [2.24, 2.45) is 0 Å². The molecule has 1 heterocycles. The molecule has 0 radical (unpaired) electrons. The molecule has 1 aliphatic rings. The van der Waals surface area contributed by atoms with Gasteiger partial charge < -0.3 is 14.8 Å². The van der Waals surface area contributed by atoms with Gasteiger partial charge in [-0.2, -0.15) is 4.31 Å². The van der Waals surface area contributed by atoms with Crippen LogP contribution in [0.25, 0.3) is 0 Å². The third kappa shape index (κ3) is 5.02. The molecule has 1 atom stereocenters. The summed E-state index contributed by atoms with van der Waals surface area (Å²) < 4.78 is 39.0. The summed E-state index contributed by atoms with van der Waals surface area (Å²) in [6.45, 7) is 2.03. The maximum Gasteiger partial charge on any atom is 0.244 e. The fraction of sp³-hybridized carbons (Fsp3) is 0.240. The number of para-hydroxylation sites is 1. The summed E-state index contributed by atoms with van der Waals surface area (Å²) in [5.74, 6) is 1.46. The van der Waals surface area contributed by atoms with E-state index in [0.717, 1.165) is 0 Å². The monoisotopic (exact) mass is 466 g/mol. The standard InChI is InChI=1S/C25H26N2O5S/c1-18-10-13-22(31-2)17-24(18)33(29,30)27-16-6-9-23(27)25(28)26-19-11-14-21(15-12-19)32-20-7-4-3-5-8-20/h3-5,7-8,10-15,17,23H,6,9,16H2,1-2H3,(H,26,28). The molecule has 1 saturated heterocycles. The van der Waals surface area contributed by atoms with Gasteiger partial charge in [-0.1, -0.05) is 24.3 Å². The minimum Gasteiger partial charge on any atom is -0.497 e. The lowest BCUT2D eigenvalue weighted by Gasteiger charge is -2.24. The molecule has 1 fully saturated rings. The lowest BCUT2D eigenvalue weighted by molar-refractivity contribution is -0.119. The number of sulfonamides is 1. The summed E-state index contributed by atoms with van der Waals surface area (Å²) in [6, 6.07) is 20.5. The molecule has 0 spiro atoms. The first kappa shape index (κ1) is 22.8. The van der Waals surface area contributed by atoms with Crippen LogP contribution >= 0.6 is 0 Å². The van der Waals surface area contributed by atoms with Crippen LogP contribution in [0.15, 0.2) is 77.7 Å². The van der Waals surface area contributed by atoms with Crippen molar-refractivity contribution in [3.05, 3.63) is 78.4 Å². The van der Waals surface area contributed by atoms with E-state index in [9.17, 15) is 13.2 Å². The molecule has 3 aromatic carbocycles. The lowest BCUT2D eigenvalue weighted by Crippen LogP contribution is -2.43. The van der Waals surface area contributed by atoms with Crippen LogP contribution < -0.4 is 14.8 Å². The van der Waals surface area contributed by atoms with E-state index in [-0.39, 0.29) is 10.8 Å². The van der Waals surface area contributed by atoms with Crippen molar-refractivity contribution in [1.82, 2.24) is 4.31 Å². The first-order valence-corrected chi connectivity index (χ1v) is 12.1. The van der Waals surface area contributed by atoms with E-state index in [1.165, 1.54) is 17.5 Å². The van der Waals surface area contributed by atoms with Crippen molar-refractivity contribution >= 4 is 21.6 Å². The summed E-state index contributed by atoms with van der Waals surface area (Å²) in [5, 5.41) is 2.84. The first-order chi connectivity index (χ1) is 15.9. The molecule has 172 valence electrons. The Labute approximate surface area is 194 Å². The maximum absolute atomic E-state index is 13.4. The molecule has 0 bridgehead atoms. The first-order valence-electron chi connectivity index (χ1n) is 10.7. The van der Waals surface area contributed by atoms with Gasteiger partial charge in [0.05, 0.1) is 12.0 Å². The predicted molar refractivity (Wildman–Crippen MR) is 126 cm³/mol. The van der Waals surface area contributed by atoms with Gasteiger partial charge in [0, 0.05) is 18.3 Å². The summed E-state index contributed by atoms with van der Waals surface area (Å²) in [6.07, 6.45) is 1.08. The molecule has 3 aromatic rings. The minimum atomic E-state index is -3.86. The van der Waals surface area contributed by atoms with E-state index in [1.54, 1.807) is 43.3 Å². The predicted octanol–water partition coefficient (Wildman–Crippen LogP) is 4.59. The Bertz CT molecular complexity index is 1230. The van der Waals surface area contributed by atoms with E-state index in [0.29, 0.717) is 47.9 Å². The van der Waals surface area contributed by atoms with Crippen LogP contribution in [-0.2, 0) is 14.8 Å². The smallest absolute Gasteiger partial charge is 0.244 e. The highest BCUT2D eigenvalue weighted by Crippen LogP contribution is 2.31. The molecular weight excluding hydrogens is 440 g/mol. The van der Waals surface area contributed by atoms with Gasteiger partial charge in [-0.05, 0) is 67.8 Å². The second kappa shape index (κ2) is 9.64. The van der Waals surface area contributed by atoms with Crippen molar-refractivity contribution in [3.63, 3.8) is 0 Å². The van der Waals surface area contributed by atoms with Crippen LogP contribution in [0.1, 0.15) is 18.4 Å². The van der Waals surface area contributed by atoms with Gasteiger partial charge in [0.25, 0.3) is 0 Å². The number of carbonyl (C=O) groups is 1. The quantitative estimate of drug-likeness (QED) is 0.551. The van der Waals surface area contributed by atoms with Gasteiger partial charge >= 0.3 is 0 Å². The molecule has 0 aromatic heterocycles. The lowest BCUT2D eigenvalue weighted by atomic mass is 10.2. The number of anilines is 1. The zero-order valence-corrected chi connectivity index (χ0v) is 19.3. The van der Waals surface area contributed by atoms with Gasteiger partial charge in [0.1, 0.15) is 23.3 Å². The zero-order chi connectivity index (χ0) is 23.4. The highest BCUT2D eigenvalue weighted by molar-refractivity contribution is 7.89. The molecule has 1 N–H and O–H groups in total. The normalized spacial score (nSPS) is 16.4. The van der Waals surface area contributed by atoms with Crippen LogP contribution in [-0.4, -0.2) is 38.3 Å². The van der Waals surface area contributed by atoms with E-state index >= 15 is 0 Å². The molecule has 0 saturated carbocycles. The van der Waals surface area contributed by atoms with E-state index in [4.69, 9.17) is 9.47 Å². The minimum absolute atomic E-state index is 0.156. The number of nitrogens with zero attached hydrogens (tertiary/aromatic N) is 1. The number of aryl methyl sites for hydroxylation is 1. The summed E-state index contributed by atoms with van der Waals surface area (Å²) in [7, 11) is -2.37. The second-order valence-electron chi connectivity index (χ2n) is 7.83. The number of hydrogen-bond donors (Lipinski definition) is 1. The average Bonchev–Trinajstić information content (AvgIpc) is 3.32. The van der Waals surface area contributed by atoms with Gasteiger partial charge in [-0.25, -0.2) is 8.42 Å². The number of benzene rings is 3. The summed E-state index contributed by atoms with van der Waals surface area (Å²) >= 11 is 0. The fourth-order valence-corrected chi connectivity index (χ4v) is 5.76. The number of ether oxygens (including phenoxy) is 2. The second-order valence-corrected chi connectivity index (χ2v) is 9.69. The molecule has 8 heteroatoms. The fourth-order valence-electron chi connectivity index (χ4n) is 3.86. The summed E-state index contributed by atoms with van der Waals surface area (Å²) in [5.41, 5.74) is 1.18. The van der Waals surface area contributed by atoms with E-state index in [2.05, 4.69) is 5.32 Å². The zero-order valence-electron chi connectivity index (χ0n) is 18.5. The maximum atomic E-state index is 13.4. The third-order valence-corrected chi connectivity index (χ3v) is 7.64. The molecule has 33 heavy (non-hydrogen) atoms. The Hall–Kier alpha value is -3.36. The highest BCUT2D eigenvalue weighted by Gasteiger charge is 2.40. The number of rotatable bonds is 7. The summed E-state index contributed by atoms with van der Waals surface area (Å²) in [4.78, 5) is 13.2. The molecule has 7 nitrogen and oxygen atoms in total. The molecule has 4 rings (SSSR count). The molecule has 1 unspecified atom stereocenters. The van der Waals surface area contributed by atoms with Crippen molar-refractivity contribution in [3.8, 4) is 17.2 Å². The Balaban J connectivity index is 1.48. The van der Waals surface area contributed by atoms with Crippen LogP contribution in [0.4, 0.5) is 5.69 Å². The van der Waals surface area contributed by atoms with Crippen LogP contribution in [0, 0.1) is 6.92 Å². The molecule has 1 aliphatic heterocycles. The Morgan fingerprint density at radius 3 is 2.33 bits per heavy atom. The molecular formula is C25H26N2O5S. The number of hydrogen-bond acceptors (Lipinski definition) is 5. The SMILES string of the molecule is COc1ccc(C)c(S(=O)(=O)N2CCCC2C(=O)Nc2ccc(Oc3ccccc3)cc2)c1. The number of carbonyl (C=O) groups excluding carboxylic acids is 1.